The topological polar surface area (TPSA) is 57.7 Å². The SMILES string of the molecule is Cc1ccc(S(=O)(=O)N2CCC(C(=O)N3C[C@H](C)C[C@@H](C)C3)CC2)cc1. The van der Waals surface area contributed by atoms with Crippen molar-refractivity contribution in [3.05, 3.63) is 29.8 Å². The van der Waals surface area contributed by atoms with E-state index < -0.39 is 10.0 Å². The molecule has 1 aromatic carbocycles. The minimum Gasteiger partial charge on any atom is -0.342 e. The molecule has 2 saturated heterocycles. The third-order valence-corrected chi connectivity index (χ3v) is 7.56. The maximum atomic E-state index is 12.9. The van der Waals surface area contributed by atoms with E-state index in [1.54, 1.807) is 12.1 Å². The van der Waals surface area contributed by atoms with E-state index in [1.807, 2.05) is 24.0 Å². The highest BCUT2D eigenvalue weighted by atomic mass is 32.2. The minimum absolute atomic E-state index is 0.0445. The zero-order chi connectivity index (χ0) is 18.9. The molecular formula is C20H30N2O3S. The Labute approximate surface area is 157 Å². The molecule has 6 heteroatoms. The summed E-state index contributed by atoms with van der Waals surface area (Å²) >= 11 is 0. The molecule has 144 valence electrons. The van der Waals surface area contributed by atoms with Crippen LogP contribution in [0.15, 0.2) is 29.2 Å². The molecule has 5 nitrogen and oxygen atoms in total. The van der Waals surface area contributed by atoms with Crippen LogP contribution in [0.5, 0.6) is 0 Å². The van der Waals surface area contributed by atoms with Gasteiger partial charge in [0.25, 0.3) is 0 Å². The van der Waals surface area contributed by atoms with Crippen LogP contribution in [0.1, 0.15) is 38.7 Å². The average molecular weight is 379 g/mol. The normalized spacial score (nSPS) is 26.0. The summed E-state index contributed by atoms with van der Waals surface area (Å²) in [7, 11) is -3.46. The van der Waals surface area contributed by atoms with Gasteiger partial charge < -0.3 is 4.90 Å². The Morgan fingerprint density at radius 3 is 2.08 bits per heavy atom. The number of amides is 1. The van der Waals surface area contributed by atoms with E-state index in [0.29, 0.717) is 42.7 Å². The Hall–Kier alpha value is -1.40. The van der Waals surface area contributed by atoms with Crippen molar-refractivity contribution in [2.75, 3.05) is 26.2 Å². The molecule has 0 saturated carbocycles. The molecule has 3 rings (SSSR count). The first-order valence-electron chi connectivity index (χ1n) is 9.63. The fourth-order valence-corrected chi connectivity index (χ4v) is 5.77. The number of piperidine rings is 2. The van der Waals surface area contributed by atoms with Crippen LogP contribution < -0.4 is 0 Å². The lowest BCUT2D eigenvalue weighted by atomic mass is 9.89. The summed E-state index contributed by atoms with van der Waals surface area (Å²) in [5.41, 5.74) is 1.04. The lowest BCUT2D eigenvalue weighted by molar-refractivity contribution is -0.139. The van der Waals surface area contributed by atoms with E-state index in [-0.39, 0.29) is 11.8 Å². The van der Waals surface area contributed by atoms with E-state index in [0.717, 1.165) is 18.7 Å². The molecule has 2 fully saturated rings. The van der Waals surface area contributed by atoms with Crippen molar-refractivity contribution in [1.82, 2.24) is 9.21 Å². The first-order valence-corrected chi connectivity index (χ1v) is 11.1. The summed E-state index contributed by atoms with van der Waals surface area (Å²) in [6.45, 7) is 8.86. The van der Waals surface area contributed by atoms with E-state index in [9.17, 15) is 13.2 Å². The van der Waals surface area contributed by atoms with Crippen molar-refractivity contribution in [2.24, 2.45) is 17.8 Å². The van der Waals surface area contributed by atoms with Crippen molar-refractivity contribution >= 4 is 15.9 Å². The number of hydrogen-bond acceptors (Lipinski definition) is 3. The molecule has 2 aliphatic heterocycles. The number of carbonyl (C=O) groups excluding carboxylic acids is 1. The smallest absolute Gasteiger partial charge is 0.243 e. The number of rotatable bonds is 3. The second-order valence-corrected chi connectivity index (χ2v) is 10.1. The van der Waals surface area contributed by atoms with Gasteiger partial charge in [0.05, 0.1) is 4.90 Å². The summed E-state index contributed by atoms with van der Waals surface area (Å²) in [5.74, 6) is 1.27. The van der Waals surface area contributed by atoms with Crippen molar-refractivity contribution in [3.8, 4) is 0 Å². The lowest BCUT2D eigenvalue weighted by Crippen LogP contribution is -2.48. The van der Waals surface area contributed by atoms with E-state index in [2.05, 4.69) is 13.8 Å². The minimum atomic E-state index is -3.46. The second kappa shape index (κ2) is 7.69. The van der Waals surface area contributed by atoms with Crippen LogP contribution in [0.3, 0.4) is 0 Å². The van der Waals surface area contributed by atoms with Gasteiger partial charge in [-0.15, -0.1) is 0 Å². The standard InChI is InChI=1S/C20H30N2O3S/c1-15-4-6-19(7-5-15)26(24,25)22-10-8-18(9-11-22)20(23)21-13-16(2)12-17(3)14-21/h4-7,16-18H,8-14H2,1-3H3/t16-,17-/m1/s1. The predicted octanol–water partition coefficient (Wildman–Crippen LogP) is 2.90. The third kappa shape index (κ3) is 4.12. The maximum Gasteiger partial charge on any atom is 0.243 e. The Morgan fingerprint density at radius 1 is 1.00 bits per heavy atom. The highest BCUT2D eigenvalue weighted by molar-refractivity contribution is 7.89. The molecule has 1 amide bonds. The number of benzene rings is 1. The highest BCUT2D eigenvalue weighted by Crippen LogP contribution is 2.28. The fraction of sp³-hybridized carbons (Fsp3) is 0.650. The van der Waals surface area contributed by atoms with Gasteiger partial charge in [0, 0.05) is 32.1 Å². The van der Waals surface area contributed by atoms with Gasteiger partial charge in [-0.1, -0.05) is 31.5 Å². The molecule has 0 spiro atoms. The van der Waals surface area contributed by atoms with E-state index in [1.165, 1.54) is 10.7 Å². The van der Waals surface area contributed by atoms with Crippen molar-refractivity contribution in [1.29, 1.82) is 0 Å². The van der Waals surface area contributed by atoms with Crippen molar-refractivity contribution < 1.29 is 13.2 Å². The molecule has 0 radical (unpaired) electrons. The Bertz CT molecular complexity index is 727. The number of aryl methyl sites for hydroxylation is 1. The molecule has 2 atom stereocenters. The first kappa shape index (κ1) is 19.4. The number of likely N-dealkylation sites (tertiary alicyclic amines) is 1. The van der Waals surface area contributed by atoms with Crippen LogP contribution in [0.4, 0.5) is 0 Å². The van der Waals surface area contributed by atoms with Gasteiger partial charge in [0.2, 0.25) is 15.9 Å². The number of nitrogens with zero attached hydrogens (tertiary/aromatic N) is 2. The van der Waals surface area contributed by atoms with Crippen LogP contribution in [0, 0.1) is 24.7 Å². The first-order chi connectivity index (χ1) is 12.3. The molecule has 0 aliphatic carbocycles. The largest absolute Gasteiger partial charge is 0.342 e. The predicted molar refractivity (Wildman–Crippen MR) is 102 cm³/mol. The van der Waals surface area contributed by atoms with Gasteiger partial charge in [-0.05, 0) is 50.2 Å². The third-order valence-electron chi connectivity index (χ3n) is 5.64. The maximum absolute atomic E-state index is 12.9. The summed E-state index contributed by atoms with van der Waals surface area (Å²) in [5, 5.41) is 0. The molecule has 26 heavy (non-hydrogen) atoms. The molecule has 0 aromatic heterocycles. The van der Waals surface area contributed by atoms with Gasteiger partial charge >= 0.3 is 0 Å². The molecule has 0 unspecified atom stereocenters. The van der Waals surface area contributed by atoms with Crippen LogP contribution in [0.25, 0.3) is 0 Å². The number of carbonyl (C=O) groups is 1. The molecule has 1 aromatic rings. The van der Waals surface area contributed by atoms with Crippen LogP contribution in [-0.2, 0) is 14.8 Å². The van der Waals surface area contributed by atoms with Gasteiger partial charge in [-0.3, -0.25) is 4.79 Å². The lowest BCUT2D eigenvalue weighted by Gasteiger charge is -2.39. The highest BCUT2D eigenvalue weighted by Gasteiger charge is 2.35. The van der Waals surface area contributed by atoms with E-state index >= 15 is 0 Å². The average Bonchev–Trinajstić information content (AvgIpc) is 2.61. The molecular weight excluding hydrogens is 348 g/mol. The van der Waals surface area contributed by atoms with Gasteiger partial charge in [-0.2, -0.15) is 4.31 Å². The van der Waals surface area contributed by atoms with Gasteiger partial charge in [0.15, 0.2) is 0 Å². The molecule has 2 aliphatic rings. The van der Waals surface area contributed by atoms with Crippen molar-refractivity contribution in [2.45, 2.75) is 44.9 Å². The molecule has 0 N–H and O–H groups in total. The molecule has 2 heterocycles. The van der Waals surface area contributed by atoms with Crippen molar-refractivity contribution in [3.63, 3.8) is 0 Å². The number of hydrogen-bond donors (Lipinski definition) is 0. The summed E-state index contributed by atoms with van der Waals surface area (Å²) in [4.78, 5) is 15.2. The van der Waals surface area contributed by atoms with Gasteiger partial charge in [-0.25, -0.2) is 8.42 Å². The molecule has 0 bridgehead atoms. The fourth-order valence-electron chi connectivity index (χ4n) is 4.30. The Kier molecular flexibility index (Phi) is 5.72. The van der Waals surface area contributed by atoms with E-state index in [4.69, 9.17) is 0 Å². The van der Waals surface area contributed by atoms with Crippen LogP contribution in [0.2, 0.25) is 0 Å². The Morgan fingerprint density at radius 2 is 1.54 bits per heavy atom. The Balaban J connectivity index is 1.62. The summed E-state index contributed by atoms with van der Waals surface area (Å²) < 4.78 is 27.1. The zero-order valence-electron chi connectivity index (χ0n) is 16.0. The van der Waals surface area contributed by atoms with Gasteiger partial charge in [0.1, 0.15) is 0 Å². The summed E-state index contributed by atoms with van der Waals surface area (Å²) in [6, 6.07) is 6.97. The number of sulfonamides is 1. The summed E-state index contributed by atoms with van der Waals surface area (Å²) in [6.07, 6.45) is 2.41. The second-order valence-electron chi connectivity index (χ2n) is 8.18. The zero-order valence-corrected chi connectivity index (χ0v) is 16.8. The monoisotopic (exact) mass is 378 g/mol. The van der Waals surface area contributed by atoms with Crippen LogP contribution in [-0.4, -0.2) is 49.7 Å². The quantitative estimate of drug-likeness (QED) is 0.813. The van der Waals surface area contributed by atoms with Crippen LogP contribution >= 0.6 is 0 Å².